The van der Waals surface area contributed by atoms with Crippen LogP contribution in [0.1, 0.15) is 84.7 Å². The van der Waals surface area contributed by atoms with Crippen molar-refractivity contribution in [3.05, 3.63) is 191 Å². The number of hydrogen-bond donors (Lipinski definition) is 4. The summed E-state index contributed by atoms with van der Waals surface area (Å²) in [7, 11) is 4.83. The van der Waals surface area contributed by atoms with Crippen LogP contribution < -0.4 is 35.1 Å². The van der Waals surface area contributed by atoms with Gasteiger partial charge in [-0.05, 0) is 121 Å². The van der Waals surface area contributed by atoms with Crippen LogP contribution in [0.25, 0.3) is 0 Å². The Labute approximate surface area is 388 Å². The molecule has 0 amide bonds. The molecule has 0 fully saturated rings. The van der Waals surface area contributed by atoms with E-state index in [4.69, 9.17) is 29.0 Å². The molecule has 0 spiro atoms. The van der Waals surface area contributed by atoms with Crippen LogP contribution in [-0.2, 0) is 15.4 Å². The van der Waals surface area contributed by atoms with Gasteiger partial charge in [-0.2, -0.15) is 0 Å². The number of nitrogens with one attached hydrogen (secondary N) is 2. The summed E-state index contributed by atoms with van der Waals surface area (Å²) in [5, 5.41) is 7.17. The molecule has 6 aromatic rings. The lowest BCUT2D eigenvalue weighted by molar-refractivity contribution is 0.194. The van der Waals surface area contributed by atoms with Crippen LogP contribution in [0, 0.1) is 0 Å². The normalized spacial score (nSPS) is 12.2. The molecule has 9 nitrogen and oxygen atoms in total. The Bertz CT molecular complexity index is 1970. The second kappa shape index (κ2) is 25.4. The molecule has 10 heteroatoms. The maximum atomic E-state index is 10.0. The van der Waals surface area contributed by atoms with Gasteiger partial charge in [0.2, 0.25) is 8.53 Å². The highest BCUT2D eigenvalue weighted by molar-refractivity contribution is 7.43. The molecule has 0 bridgehead atoms. The summed E-state index contributed by atoms with van der Waals surface area (Å²) in [6.07, 6.45) is 7.76. The Kier molecular flexibility index (Phi) is 19.3. The quantitative estimate of drug-likeness (QED) is 0.0217. The molecular weight excluding hydrogens is 830 g/mol. The van der Waals surface area contributed by atoms with E-state index in [0.717, 1.165) is 87.5 Å². The van der Waals surface area contributed by atoms with Gasteiger partial charge in [0.15, 0.2) is 0 Å². The van der Waals surface area contributed by atoms with E-state index in [-0.39, 0.29) is 16.9 Å². The van der Waals surface area contributed by atoms with Gasteiger partial charge in [0.25, 0.3) is 0 Å². The van der Waals surface area contributed by atoms with Crippen molar-refractivity contribution in [1.29, 1.82) is 0 Å². The largest absolute Gasteiger partial charge is 0.497 e. The minimum Gasteiger partial charge on any atom is -0.497 e. The van der Waals surface area contributed by atoms with Gasteiger partial charge < -0.3 is 39.0 Å². The van der Waals surface area contributed by atoms with Gasteiger partial charge >= 0.3 is 0 Å². The SMILES string of the molecule is COc1ccc(C(CCCCCNCC(CNCCCCCC(c2ccccc2)(c2ccc(OC)cc2)c2ccc(OC)cc2)OP(N)O)(c2ccccc2)c2ccc(OC)cc2)cc1. The van der Waals surface area contributed by atoms with Gasteiger partial charge in [-0.15, -0.1) is 0 Å². The predicted molar refractivity (Wildman–Crippen MR) is 265 cm³/mol. The Balaban J connectivity index is 1.01. The number of nitrogens with two attached hydrogens (primary N) is 1. The van der Waals surface area contributed by atoms with Gasteiger partial charge in [0, 0.05) is 23.9 Å². The molecule has 0 radical (unpaired) electrons. The predicted octanol–water partition coefficient (Wildman–Crippen LogP) is 11.0. The van der Waals surface area contributed by atoms with E-state index in [9.17, 15) is 4.89 Å². The summed E-state index contributed by atoms with van der Waals surface area (Å²) in [4.78, 5) is 10.0. The van der Waals surface area contributed by atoms with Gasteiger partial charge in [-0.3, -0.25) is 5.50 Å². The average molecular weight is 898 g/mol. The lowest BCUT2D eigenvalue weighted by Gasteiger charge is -2.36. The number of hydrogen-bond acceptors (Lipinski definition) is 9. The van der Waals surface area contributed by atoms with E-state index in [1.165, 1.54) is 33.4 Å². The first kappa shape index (κ1) is 49.2. The average Bonchev–Trinajstić information content (AvgIpc) is 3.36. The zero-order valence-corrected chi connectivity index (χ0v) is 39.5. The fraction of sp³-hybridized carbons (Fsp3) is 0.345. The lowest BCUT2D eigenvalue weighted by Crippen LogP contribution is -2.37. The van der Waals surface area contributed by atoms with Crippen LogP contribution in [0.4, 0.5) is 0 Å². The molecule has 1 unspecified atom stereocenters. The molecule has 1 atom stereocenters. The Morgan fingerprint density at radius 1 is 0.431 bits per heavy atom. The smallest absolute Gasteiger partial charge is 0.250 e. The number of unbranched alkanes of at least 4 members (excludes halogenated alkanes) is 4. The van der Waals surface area contributed by atoms with Crippen molar-refractivity contribution in [2.75, 3.05) is 54.6 Å². The lowest BCUT2D eigenvalue weighted by atomic mass is 9.66. The minimum atomic E-state index is -1.98. The van der Waals surface area contributed by atoms with Crippen molar-refractivity contribution in [3.63, 3.8) is 0 Å². The summed E-state index contributed by atoms with van der Waals surface area (Å²) < 4.78 is 27.9. The number of ether oxygens (including phenoxy) is 4. The first-order valence-electron chi connectivity index (χ1n) is 22.9. The van der Waals surface area contributed by atoms with Crippen LogP contribution in [0.15, 0.2) is 158 Å². The third kappa shape index (κ3) is 13.0. The molecule has 0 aliphatic carbocycles. The summed E-state index contributed by atoms with van der Waals surface area (Å²) in [6.45, 7) is 2.86. The van der Waals surface area contributed by atoms with Crippen LogP contribution in [0.3, 0.4) is 0 Å². The zero-order valence-electron chi connectivity index (χ0n) is 38.6. The van der Waals surface area contributed by atoms with Crippen molar-refractivity contribution in [3.8, 4) is 23.0 Å². The maximum Gasteiger partial charge on any atom is 0.250 e. The van der Waals surface area contributed by atoms with Gasteiger partial charge in [0.05, 0.1) is 34.5 Å². The van der Waals surface area contributed by atoms with Crippen molar-refractivity contribution in [2.45, 2.75) is 68.3 Å². The van der Waals surface area contributed by atoms with Crippen LogP contribution in [0.2, 0.25) is 0 Å². The fourth-order valence-electron chi connectivity index (χ4n) is 9.27. The van der Waals surface area contributed by atoms with Crippen molar-refractivity contribution < 1.29 is 28.4 Å². The molecule has 0 heterocycles. The highest BCUT2D eigenvalue weighted by Gasteiger charge is 2.37. The van der Waals surface area contributed by atoms with Crippen LogP contribution in [0.5, 0.6) is 23.0 Å². The maximum absolute atomic E-state index is 10.0. The summed E-state index contributed by atoms with van der Waals surface area (Å²) in [5.41, 5.74) is 12.5. The topological polar surface area (TPSA) is 116 Å². The van der Waals surface area contributed by atoms with Crippen LogP contribution >= 0.6 is 8.53 Å². The molecule has 0 aromatic heterocycles. The summed E-state index contributed by atoms with van der Waals surface area (Å²) in [5.74, 6) is 3.35. The van der Waals surface area contributed by atoms with Crippen molar-refractivity contribution in [1.82, 2.24) is 10.6 Å². The molecule has 0 saturated heterocycles. The van der Waals surface area contributed by atoms with Crippen molar-refractivity contribution in [2.24, 2.45) is 5.50 Å². The molecule has 344 valence electrons. The Morgan fingerprint density at radius 2 is 0.723 bits per heavy atom. The van der Waals surface area contributed by atoms with E-state index >= 15 is 0 Å². The van der Waals surface area contributed by atoms with E-state index in [1.807, 2.05) is 0 Å². The standard InChI is InChI=1S/C55H68N3O6P/c1-60-49-29-21-45(22-30-49)54(43-17-9-5-10-18-43,46-23-31-50(61-2)32-24-46)37-13-7-15-39-57-41-53(64-65(56)59)42-58-40-16-8-14-38-55(44-19-11-6-12-20-44,47-25-33-51(62-3)34-26-47)48-27-35-52(63-4)36-28-48/h5-6,9-12,17-36,53,57-59H,7-8,13-16,37-42,56H2,1-4H3. The second-order valence-corrected chi connectivity index (χ2v) is 17.3. The summed E-state index contributed by atoms with van der Waals surface area (Å²) in [6, 6.07) is 55.6. The van der Waals surface area contributed by atoms with E-state index in [1.54, 1.807) is 28.4 Å². The molecule has 0 aliphatic rings. The van der Waals surface area contributed by atoms with E-state index < -0.39 is 8.53 Å². The second-order valence-electron chi connectivity index (χ2n) is 16.5. The molecule has 6 rings (SSSR count). The minimum absolute atomic E-state index is 0.247. The molecular formula is C55H68N3O6P. The van der Waals surface area contributed by atoms with E-state index in [0.29, 0.717) is 13.1 Å². The number of rotatable bonds is 28. The third-order valence-corrected chi connectivity index (χ3v) is 13.2. The highest BCUT2D eigenvalue weighted by Crippen LogP contribution is 2.46. The zero-order chi connectivity index (χ0) is 45.7. The highest BCUT2D eigenvalue weighted by atomic mass is 31.2. The molecule has 0 saturated carbocycles. The fourth-order valence-corrected chi connectivity index (χ4v) is 9.73. The Hall–Kier alpha value is -5.25. The first-order chi connectivity index (χ1) is 31.9. The Morgan fingerprint density at radius 3 is 1.00 bits per heavy atom. The molecule has 6 aromatic carbocycles. The third-order valence-electron chi connectivity index (χ3n) is 12.7. The van der Waals surface area contributed by atoms with Crippen molar-refractivity contribution >= 4 is 8.53 Å². The van der Waals surface area contributed by atoms with Gasteiger partial charge in [-0.1, -0.05) is 135 Å². The summed E-state index contributed by atoms with van der Waals surface area (Å²) >= 11 is 0. The van der Waals surface area contributed by atoms with Gasteiger partial charge in [0.1, 0.15) is 23.0 Å². The number of methoxy groups -OCH3 is 4. The monoisotopic (exact) mass is 897 g/mol. The van der Waals surface area contributed by atoms with Gasteiger partial charge in [-0.25, -0.2) is 0 Å². The number of benzene rings is 6. The first-order valence-corrected chi connectivity index (χ1v) is 24.2. The molecule has 65 heavy (non-hydrogen) atoms. The van der Waals surface area contributed by atoms with Crippen LogP contribution in [-0.4, -0.2) is 65.6 Å². The molecule has 0 aliphatic heterocycles. The molecule has 5 N–H and O–H groups in total. The van der Waals surface area contributed by atoms with E-state index in [2.05, 4.69) is 168 Å².